The maximum absolute atomic E-state index is 11.6. The third-order valence-electron chi connectivity index (χ3n) is 5.58. The van der Waals surface area contributed by atoms with Crippen LogP contribution in [0.15, 0.2) is 71.4 Å². The van der Waals surface area contributed by atoms with E-state index >= 15 is 0 Å². The molecule has 0 amide bonds. The summed E-state index contributed by atoms with van der Waals surface area (Å²) in [6.45, 7) is 2.60. The first-order valence-corrected chi connectivity index (χ1v) is 12.8. The average Bonchev–Trinajstić information content (AvgIpc) is 3.26. The topological polar surface area (TPSA) is 77.0 Å². The van der Waals surface area contributed by atoms with Crippen molar-refractivity contribution < 1.29 is 17.9 Å². The fourth-order valence-electron chi connectivity index (χ4n) is 3.94. The normalized spacial score (nSPS) is 19.7. The van der Waals surface area contributed by atoms with Gasteiger partial charge in [0.1, 0.15) is 12.4 Å². The Hall–Kier alpha value is -2.64. The molecule has 2 aromatic carbocycles. The zero-order valence-corrected chi connectivity index (χ0v) is 19.8. The maximum Gasteiger partial charge on any atom is 0.229 e. The molecule has 0 bridgehead atoms. The molecular formula is C25H32N2O4S. The zero-order chi connectivity index (χ0) is 23.0. The van der Waals surface area contributed by atoms with Crippen LogP contribution in [0.2, 0.25) is 0 Å². The van der Waals surface area contributed by atoms with Gasteiger partial charge in [-0.25, -0.2) is 8.42 Å². The lowest BCUT2D eigenvalue weighted by Crippen LogP contribution is -2.29. The van der Waals surface area contributed by atoms with Crippen LogP contribution in [0.25, 0.3) is 0 Å². The van der Waals surface area contributed by atoms with E-state index in [2.05, 4.69) is 34.0 Å². The van der Waals surface area contributed by atoms with E-state index in [4.69, 9.17) is 9.47 Å². The van der Waals surface area contributed by atoms with E-state index in [1.165, 1.54) is 5.56 Å². The quantitative estimate of drug-likeness (QED) is 0.536. The molecule has 2 aromatic rings. The summed E-state index contributed by atoms with van der Waals surface area (Å²) in [6, 6.07) is 18.5. The smallest absolute Gasteiger partial charge is 0.229 e. The molecule has 0 heterocycles. The molecule has 32 heavy (non-hydrogen) atoms. The first kappa shape index (κ1) is 24.0. The van der Waals surface area contributed by atoms with Crippen molar-refractivity contribution in [2.45, 2.75) is 44.8 Å². The van der Waals surface area contributed by atoms with Gasteiger partial charge in [-0.2, -0.15) is 0 Å². The van der Waals surface area contributed by atoms with Crippen molar-refractivity contribution in [3.63, 3.8) is 0 Å². The van der Waals surface area contributed by atoms with E-state index < -0.39 is 10.0 Å². The number of ether oxygens (including phenoxy) is 2. The first-order chi connectivity index (χ1) is 15.4. The highest BCUT2D eigenvalue weighted by molar-refractivity contribution is 7.88. The molecule has 0 saturated heterocycles. The van der Waals surface area contributed by atoms with Gasteiger partial charge in [0.25, 0.3) is 0 Å². The molecule has 1 saturated carbocycles. The monoisotopic (exact) mass is 456 g/mol. The van der Waals surface area contributed by atoms with Crippen LogP contribution in [0, 0.1) is 0 Å². The molecule has 2 atom stereocenters. The molecule has 0 aliphatic heterocycles. The van der Waals surface area contributed by atoms with E-state index in [1.807, 2.05) is 30.3 Å². The van der Waals surface area contributed by atoms with Gasteiger partial charge in [-0.1, -0.05) is 48.5 Å². The van der Waals surface area contributed by atoms with E-state index in [0.29, 0.717) is 23.9 Å². The molecular weight excluding hydrogens is 424 g/mol. The number of hydrogen-bond acceptors (Lipinski definition) is 5. The maximum atomic E-state index is 11.6. The van der Waals surface area contributed by atoms with Crippen molar-refractivity contribution in [1.82, 2.24) is 4.72 Å². The molecule has 172 valence electrons. The minimum atomic E-state index is -3.37. The Morgan fingerprint density at radius 3 is 2.62 bits per heavy atom. The Labute approximate surface area is 191 Å². The van der Waals surface area contributed by atoms with E-state index in [0.717, 1.165) is 36.8 Å². The Bertz CT molecular complexity index is 1050. The molecule has 0 aromatic heterocycles. The summed E-state index contributed by atoms with van der Waals surface area (Å²) in [5.41, 5.74) is 3.47. The first-order valence-electron chi connectivity index (χ1n) is 10.9. The predicted octanol–water partition coefficient (Wildman–Crippen LogP) is 4.44. The lowest BCUT2D eigenvalue weighted by molar-refractivity contribution is 0.0863. The second kappa shape index (κ2) is 11.3. The molecule has 1 fully saturated rings. The number of nitrogens with zero attached hydrogens (tertiary/aromatic N) is 1. The van der Waals surface area contributed by atoms with Gasteiger partial charge in [-0.05, 0) is 55.4 Å². The van der Waals surface area contributed by atoms with Gasteiger partial charge >= 0.3 is 0 Å². The van der Waals surface area contributed by atoms with Crippen LogP contribution >= 0.6 is 0 Å². The summed E-state index contributed by atoms with van der Waals surface area (Å²) < 4.78 is 37.7. The third-order valence-corrected chi connectivity index (χ3v) is 6.17. The van der Waals surface area contributed by atoms with Gasteiger partial charge < -0.3 is 9.47 Å². The van der Waals surface area contributed by atoms with Gasteiger partial charge in [-0.3, -0.25) is 9.71 Å². The van der Waals surface area contributed by atoms with E-state index in [9.17, 15) is 8.42 Å². The van der Waals surface area contributed by atoms with E-state index in [1.54, 1.807) is 20.0 Å². The second-order valence-corrected chi connectivity index (χ2v) is 9.79. The van der Waals surface area contributed by atoms with Crippen molar-refractivity contribution >= 4 is 15.7 Å². The van der Waals surface area contributed by atoms with Crippen molar-refractivity contribution in [3.8, 4) is 5.75 Å². The highest BCUT2D eigenvalue weighted by atomic mass is 32.2. The summed E-state index contributed by atoms with van der Waals surface area (Å²) in [7, 11) is -1.72. The largest absolute Gasteiger partial charge is 0.489 e. The second-order valence-electron chi connectivity index (χ2n) is 8.04. The standard InChI is InChI=1S/C25H32N2O4S/c1-4-24(27-32(3,28)29)25(26-2)18-31-23-14-13-21(16-23)20-11-8-12-22(15-20)30-17-19-9-6-5-7-10-19/h4-12,15,21,23,27H,13-14,16-18H2,1-3H3/b24-4+,26-25?. The number of rotatable bonds is 10. The summed E-state index contributed by atoms with van der Waals surface area (Å²) in [5, 5.41) is 0. The van der Waals surface area contributed by atoms with E-state index in [-0.39, 0.29) is 12.7 Å². The minimum Gasteiger partial charge on any atom is -0.489 e. The SMILES string of the molecule is C/C=C(/NS(C)(=O)=O)C(COC1CCC(c2cccc(OCc3ccccc3)c2)C1)=NC. The van der Waals surface area contributed by atoms with Crippen LogP contribution in [0.3, 0.4) is 0 Å². The fourth-order valence-corrected chi connectivity index (χ4v) is 4.57. The molecule has 3 rings (SSSR count). The number of allylic oxidation sites excluding steroid dienone is 1. The summed E-state index contributed by atoms with van der Waals surface area (Å²) in [6.07, 6.45) is 5.87. The Morgan fingerprint density at radius 2 is 1.94 bits per heavy atom. The lowest BCUT2D eigenvalue weighted by Gasteiger charge is -2.16. The zero-order valence-electron chi connectivity index (χ0n) is 19.0. The van der Waals surface area contributed by atoms with Crippen molar-refractivity contribution in [1.29, 1.82) is 0 Å². The number of aliphatic imine (C=N–C) groups is 1. The number of benzene rings is 2. The number of nitrogens with one attached hydrogen (secondary N) is 1. The van der Waals surface area contributed by atoms with Gasteiger partial charge in [0.15, 0.2) is 0 Å². The summed E-state index contributed by atoms with van der Waals surface area (Å²) >= 11 is 0. The lowest BCUT2D eigenvalue weighted by atomic mass is 9.97. The third kappa shape index (κ3) is 7.21. The Morgan fingerprint density at radius 1 is 1.16 bits per heavy atom. The van der Waals surface area contributed by atoms with Crippen LogP contribution in [0.1, 0.15) is 43.2 Å². The molecule has 0 spiro atoms. The average molecular weight is 457 g/mol. The molecule has 7 heteroatoms. The molecule has 6 nitrogen and oxygen atoms in total. The van der Waals surface area contributed by atoms with Crippen LogP contribution in [-0.2, 0) is 21.4 Å². The predicted molar refractivity (Wildman–Crippen MR) is 129 cm³/mol. The van der Waals surface area contributed by atoms with Crippen LogP contribution < -0.4 is 9.46 Å². The molecule has 1 N–H and O–H groups in total. The fraction of sp³-hybridized carbons (Fsp3) is 0.400. The molecule has 1 aliphatic carbocycles. The van der Waals surface area contributed by atoms with Gasteiger partial charge in [0, 0.05) is 7.05 Å². The van der Waals surface area contributed by atoms with Gasteiger partial charge in [0.2, 0.25) is 10.0 Å². The number of hydrogen-bond donors (Lipinski definition) is 1. The summed E-state index contributed by atoms with van der Waals surface area (Å²) in [4.78, 5) is 4.22. The molecule has 1 aliphatic rings. The van der Waals surface area contributed by atoms with Crippen LogP contribution in [0.5, 0.6) is 5.75 Å². The highest BCUT2D eigenvalue weighted by Crippen LogP contribution is 2.37. The van der Waals surface area contributed by atoms with Crippen LogP contribution in [-0.4, -0.2) is 40.1 Å². The van der Waals surface area contributed by atoms with Crippen molar-refractivity contribution in [3.05, 3.63) is 77.5 Å². The van der Waals surface area contributed by atoms with Gasteiger partial charge in [-0.15, -0.1) is 0 Å². The molecule has 0 radical (unpaired) electrons. The highest BCUT2D eigenvalue weighted by Gasteiger charge is 2.27. The molecule has 2 unspecified atom stereocenters. The summed E-state index contributed by atoms with van der Waals surface area (Å²) in [5.74, 6) is 1.29. The Kier molecular flexibility index (Phi) is 8.47. The van der Waals surface area contributed by atoms with Crippen LogP contribution in [0.4, 0.5) is 0 Å². The van der Waals surface area contributed by atoms with Crippen molar-refractivity contribution in [2.75, 3.05) is 19.9 Å². The Balaban J connectivity index is 1.54. The van der Waals surface area contributed by atoms with Gasteiger partial charge in [0.05, 0.1) is 30.4 Å². The minimum absolute atomic E-state index is 0.113. The number of sulfonamides is 1. The van der Waals surface area contributed by atoms with Crippen molar-refractivity contribution in [2.24, 2.45) is 4.99 Å².